The van der Waals surface area contributed by atoms with E-state index in [1.54, 1.807) is 25.1 Å². The molecule has 0 bridgehead atoms. The van der Waals surface area contributed by atoms with Gasteiger partial charge in [-0.25, -0.2) is 0 Å². The van der Waals surface area contributed by atoms with Crippen molar-refractivity contribution in [3.8, 4) is 5.75 Å². The van der Waals surface area contributed by atoms with E-state index < -0.39 is 23.8 Å². The number of ether oxygens (including phenoxy) is 1. The van der Waals surface area contributed by atoms with Gasteiger partial charge >= 0.3 is 0 Å². The van der Waals surface area contributed by atoms with Crippen molar-refractivity contribution in [2.24, 2.45) is 0 Å². The lowest BCUT2D eigenvalue weighted by Crippen LogP contribution is -2.59. The van der Waals surface area contributed by atoms with Crippen molar-refractivity contribution in [2.45, 2.75) is 19.4 Å². The van der Waals surface area contributed by atoms with E-state index in [2.05, 4.69) is 5.32 Å². The number of methoxy groups -OCH3 is 1. The molecule has 1 aromatic rings. The predicted molar refractivity (Wildman–Crippen MR) is 75.7 cm³/mol. The summed E-state index contributed by atoms with van der Waals surface area (Å²) in [5, 5.41) is 2.23. The fraction of sp³-hybridized carbons (Fsp3) is 0.357. The number of hydrogen-bond donors (Lipinski definition) is 2. The van der Waals surface area contributed by atoms with E-state index in [9.17, 15) is 14.4 Å². The van der Waals surface area contributed by atoms with Crippen LogP contribution in [0.5, 0.6) is 5.75 Å². The van der Waals surface area contributed by atoms with Gasteiger partial charge < -0.3 is 15.4 Å². The summed E-state index contributed by atoms with van der Waals surface area (Å²) in [5.74, 6) is -1.05. The number of rotatable bonds is 3. The summed E-state index contributed by atoms with van der Waals surface area (Å²) in [6.07, 6.45) is 0.411. The molecule has 0 aromatic heterocycles. The van der Waals surface area contributed by atoms with Crippen LogP contribution in [0.2, 0.25) is 0 Å². The van der Waals surface area contributed by atoms with Crippen molar-refractivity contribution < 1.29 is 19.1 Å². The molecule has 1 fully saturated rings. The minimum Gasteiger partial charge on any atom is -0.495 e. The van der Waals surface area contributed by atoms with Gasteiger partial charge in [-0.1, -0.05) is 13.0 Å². The molecule has 0 aliphatic carbocycles. The van der Waals surface area contributed by atoms with Crippen LogP contribution in [0.3, 0.4) is 0 Å². The Bertz CT molecular complexity index is 600. The molecule has 0 radical (unpaired) electrons. The van der Waals surface area contributed by atoms with Gasteiger partial charge in [0.1, 0.15) is 18.3 Å². The largest absolute Gasteiger partial charge is 0.495 e. The highest BCUT2D eigenvalue weighted by Gasteiger charge is 2.36. The minimum atomic E-state index is -0.680. The normalized spacial score (nSPS) is 18.4. The quantitative estimate of drug-likeness (QED) is 0.610. The zero-order valence-electron chi connectivity index (χ0n) is 11.9. The second-order valence-electron chi connectivity index (χ2n) is 4.69. The Morgan fingerprint density at radius 3 is 2.81 bits per heavy atom. The highest BCUT2D eigenvalue weighted by Crippen LogP contribution is 2.27. The van der Waals surface area contributed by atoms with Crippen LogP contribution in [-0.4, -0.2) is 42.3 Å². The first-order valence-corrected chi connectivity index (χ1v) is 6.56. The number of carbonyl (C=O) groups excluding carboxylic acids is 3. The van der Waals surface area contributed by atoms with Crippen molar-refractivity contribution >= 4 is 23.4 Å². The smallest absolute Gasteiger partial charge is 0.257 e. The maximum Gasteiger partial charge on any atom is 0.257 e. The van der Waals surface area contributed by atoms with Crippen LogP contribution >= 0.6 is 0 Å². The lowest BCUT2D eigenvalue weighted by Gasteiger charge is -2.33. The van der Waals surface area contributed by atoms with E-state index in [0.717, 1.165) is 0 Å². The number of nitrogens with zero attached hydrogens (tertiary/aromatic N) is 1. The van der Waals surface area contributed by atoms with Crippen molar-refractivity contribution in [3.63, 3.8) is 0 Å². The molecule has 1 saturated heterocycles. The molecule has 1 unspecified atom stereocenters. The van der Waals surface area contributed by atoms with Crippen LogP contribution in [-0.2, 0) is 9.59 Å². The van der Waals surface area contributed by atoms with Crippen LogP contribution in [0.4, 0.5) is 5.69 Å². The summed E-state index contributed by atoms with van der Waals surface area (Å²) in [7, 11) is 1.45. The summed E-state index contributed by atoms with van der Waals surface area (Å²) in [6, 6.07) is 4.14. The van der Waals surface area contributed by atoms with Crippen molar-refractivity contribution in [3.05, 3.63) is 23.8 Å². The third-order valence-corrected chi connectivity index (χ3v) is 3.42. The maximum absolute atomic E-state index is 12.6. The van der Waals surface area contributed by atoms with Crippen LogP contribution in [0.25, 0.3) is 0 Å². The zero-order chi connectivity index (χ0) is 15.6. The molecule has 112 valence electrons. The molecule has 2 rings (SSSR count). The third kappa shape index (κ3) is 2.67. The van der Waals surface area contributed by atoms with E-state index in [0.29, 0.717) is 12.2 Å². The number of benzene rings is 1. The molecule has 3 N–H and O–H groups in total. The number of para-hydroxylation sites is 1. The Hall–Kier alpha value is -2.57. The number of anilines is 1. The molecule has 1 aliphatic heterocycles. The lowest BCUT2D eigenvalue weighted by atomic mass is 10.1. The first kappa shape index (κ1) is 14.8. The van der Waals surface area contributed by atoms with Gasteiger partial charge in [0.05, 0.1) is 18.4 Å². The molecule has 3 amide bonds. The van der Waals surface area contributed by atoms with Gasteiger partial charge in [0.15, 0.2) is 0 Å². The molecule has 21 heavy (non-hydrogen) atoms. The number of imide groups is 1. The van der Waals surface area contributed by atoms with E-state index in [1.165, 1.54) is 12.0 Å². The number of nitrogen functional groups attached to an aromatic ring is 1. The Labute approximate surface area is 122 Å². The fourth-order valence-electron chi connectivity index (χ4n) is 2.35. The van der Waals surface area contributed by atoms with Crippen molar-refractivity contribution in [1.82, 2.24) is 10.2 Å². The standard InChI is InChI=1S/C14H17N3O4/c1-3-9-13(19)16-11(18)7-17(9)14(20)8-5-4-6-10(21-2)12(8)15/h4-6,9H,3,7,15H2,1-2H3,(H,16,18,19). The molecule has 0 saturated carbocycles. The minimum absolute atomic E-state index is 0.167. The van der Waals surface area contributed by atoms with E-state index >= 15 is 0 Å². The highest BCUT2D eigenvalue weighted by atomic mass is 16.5. The summed E-state index contributed by atoms with van der Waals surface area (Å²) in [4.78, 5) is 37.2. The van der Waals surface area contributed by atoms with Crippen LogP contribution in [0, 0.1) is 0 Å². The van der Waals surface area contributed by atoms with Crippen molar-refractivity contribution in [1.29, 1.82) is 0 Å². The van der Waals surface area contributed by atoms with Gasteiger partial charge in [-0.2, -0.15) is 0 Å². The summed E-state index contributed by atoms with van der Waals surface area (Å²) < 4.78 is 5.08. The number of carbonyl (C=O) groups is 3. The number of amides is 3. The number of piperazine rings is 1. The Morgan fingerprint density at radius 1 is 1.48 bits per heavy atom. The molecule has 1 aliphatic rings. The average molecular weight is 291 g/mol. The highest BCUT2D eigenvalue weighted by molar-refractivity contribution is 6.09. The molecule has 1 heterocycles. The van der Waals surface area contributed by atoms with Crippen LogP contribution < -0.4 is 15.8 Å². The fourth-order valence-corrected chi connectivity index (χ4v) is 2.35. The van der Waals surface area contributed by atoms with E-state index in [1.807, 2.05) is 0 Å². The number of hydrogen-bond acceptors (Lipinski definition) is 5. The van der Waals surface area contributed by atoms with E-state index in [-0.39, 0.29) is 17.8 Å². The number of nitrogens with one attached hydrogen (secondary N) is 1. The first-order valence-electron chi connectivity index (χ1n) is 6.56. The monoisotopic (exact) mass is 291 g/mol. The van der Waals surface area contributed by atoms with Crippen molar-refractivity contribution in [2.75, 3.05) is 19.4 Å². The molecule has 1 atom stereocenters. The first-order chi connectivity index (χ1) is 9.99. The summed E-state index contributed by atoms with van der Waals surface area (Å²) in [6.45, 7) is 1.61. The molecule has 0 spiro atoms. The number of nitrogens with two attached hydrogens (primary N) is 1. The van der Waals surface area contributed by atoms with E-state index in [4.69, 9.17) is 10.5 Å². The van der Waals surface area contributed by atoms with Crippen LogP contribution in [0.1, 0.15) is 23.7 Å². The predicted octanol–water partition coefficient (Wildman–Crippen LogP) is 0.155. The SMILES string of the molecule is CCC1C(=O)NC(=O)CN1C(=O)c1cccc(OC)c1N. The lowest BCUT2D eigenvalue weighted by molar-refractivity contribution is -0.138. The van der Waals surface area contributed by atoms with Gasteiger partial charge in [-0.05, 0) is 18.6 Å². The Balaban J connectivity index is 2.38. The second kappa shape index (κ2) is 5.82. The Morgan fingerprint density at radius 2 is 2.19 bits per heavy atom. The molecule has 7 heteroatoms. The van der Waals surface area contributed by atoms with Gasteiger partial charge in [0.2, 0.25) is 11.8 Å². The zero-order valence-corrected chi connectivity index (χ0v) is 11.9. The Kier molecular flexibility index (Phi) is 4.11. The summed E-state index contributed by atoms with van der Waals surface area (Å²) >= 11 is 0. The molecular formula is C14H17N3O4. The summed E-state index contributed by atoms with van der Waals surface area (Å²) in [5.41, 5.74) is 6.31. The molecule has 7 nitrogen and oxygen atoms in total. The molecular weight excluding hydrogens is 274 g/mol. The topological polar surface area (TPSA) is 102 Å². The van der Waals surface area contributed by atoms with Crippen LogP contribution in [0.15, 0.2) is 18.2 Å². The molecule has 1 aromatic carbocycles. The van der Waals surface area contributed by atoms with Gasteiger partial charge in [0.25, 0.3) is 5.91 Å². The maximum atomic E-state index is 12.6. The second-order valence-corrected chi connectivity index (χ2v) is 4.69. The van der Waals surface area contributed by atoms with Gasteiger partial charge in [0, 0.05) is 0 Å². The third-order valence-electron chi connectivity index (χ3n) is 3.42. The van der Waals surface area contributed by atoms with Gasteiger partial charge in [-0.15, -0.1) is 0 Å². The average Bonchev–Trinajstić information content (AvgIpc) is 2.46. The van der Waals surface area contributed by atoms with Gasteiger partial charge in [-0.3, -0.25) is 19.7 Å².